The van der Waals surface area contributed by atoms with Crippen molar-refractivity contribution in [1.29, 1.82) is 0 Å². The van der Waals surface area contributed by atoms with Crippen LogP contribution < -0.4 is 0 Å². The van der Waals surface area contributed by atoms with Crippen LogP contribution in [0.2, 0.25) is 0 Å². The van der Waals surface area contributed by atoms with E-state index >= 15 is 0 Å². The fraction of sp³-hybridized carbons (Fsp3) is 0.500. The monoisotopic (exact) mass is 266 g/mol. The van der Waals surface area contributed by atoms with Gasteiger partial charge in [0.25, 0.3) is 0 Å². The Labute approximate surface area is 112 Å². The third kappa shape index (κ3) is 4.02. The van der Waals surface area contributed by atoms with Crippen molar-refractivity contribution >= 4 is 5.97 Å². The zero-order valence-corrected chi connectivity index (χ0v) is 10.7. The summed E-state index contributed by atoms with van der Waals surface area (Å²) >= 11 is 0. The molecule has 0 bridgehead atoms. The lowest BCUT2D eigenvalue weighted by molar-refractivity contribution is -0.183. The molecule has 1 saturated heterocycles. The summed E-state index contributed by atoms with van der Waals surface area (Å²) in [5.41, 5.74) is 1.38. The van der Waals surface area contributed by atoms with E-state index in [2.05, 4.69) is 0 Å². The van der Waals surface area contributed by atoms with E-state index in [-0.39, 0.29) is 25.5 Å². The van der Waals surface area contributed by atoms with Gasteiger partial charge in [-0.05, 0) is 18.6 Å². The summed E-state index contributed by atoms with van der Waals surface area (Å²) in [4.78, 5) is 11.6. The Bertz CT molecular complexity index is 395. The Hall–Kier alpha value is -1.43. The topological polar surface area (TPSA) is 65.0 Å². The van der Waals surface area contributed by atoms with Gasteiger partial charge >= 0.3 is 5.97 Å². The number of ether oxygens (including phenoxy) is 3. The van der Waals surface area contributed by atoms with Gasteiger partial charge in [0.15, 0.2) is 6.29 Å². The molecule has 1 aliphatic rings. The van der Waals surface area contributed by atoms with Crippen molar-refractivity contribution in [2.75, 3.05) is 26.4 Å². The Morgan fingerprint density at radius 1 is 1.26 bits per heavy atom. The smallest absolute Gasteiger partial charge is 0.338 e. The number of rotatable bonds is 5. The first-order valence-corrected chi connectivity index (χ1v) is 6.42. The first-order chi connectivity index (χ1) is 9.31. The van der Waals surface area contributed by atoms with Crippen molar-refractivity contribution in [2.45, 2.75) is 19.1 Å². The van der Waals surface area contributed by atoms with E-state index in [9.17, 15) is 4.79 Å². The van der Waals surface area contributed by atoms with Gasteiger partial charge in [0.2, 0.25) is 0 Å². The minimum absolute atomic E-state index is 0.0164. The summed E-state index contributed by atoms with van der Waals surface area (Å²) in [6.45, 7) is 1.62. The van der Waals surface area contributed by atoms with Gasteiger partial charge in [0.1, 0.15) is 0 Å². The summed E-state index contributed by atoms with van der Waals surface area (Å²) in [7, 11) is 0. The van der Waals surface area contributed by atoms with Gasteiger partial charge in [-0.1, -0.05) is 12.1 Å². The van der Waals surface area contributed by atoms with Crippen LogP contribution in [0, 0.1) is 0 Å². The molecule has 5 heteroatoms. The van der Waals surface area contributed by atoms with Crippen LogP contribution in [0.25, 0.3) is 0 Å². The van der Waals surface area contributed by atoms with Crippen molar-refractivity contribution in [2.24, 2.45) is 0 Å². The predicted octanol–water partition coefficient (Wildman–Crippen LogP) is 1.66. The van der Waals surface area contributed by atoms with Crippen molar-refractivity contribution in [3.8, 4) is 0 Å². The molecule has 19 heavy (non-hydrogen) atoms. The number of hydrogen-bond acceptors (Lipinski definition) is 5. The lowest BCUT2D eigenvalue weighted by Gasteiger charge is -2.23. The van der Waals surface area contributed by atoms with Gasteiger partial charge in [0, 0.05) is 18.6 Å². The lowest BCUT2D eigenvalue weighted by atomic mass is 10.1. The third-order valence-corrected chi connectivity index (χ3v) is 2.78. The van der Waals surface area contributed by atoms with E-state index in [0.29, 0.717) is 25.2 Å². The fourth-order valence-corrected chi connectivity index (χ4v) is 1.77. The molecule has 0 spiro atoms. The minimum Gasteiger partial charge on any atom is -0.462 e. The number of esters is 1. The highest BCUT2D eigenvalue weighted by Gasteiger charge is 2.17. The molecular weight excluding hydrogens is 248 g/mol. The highest BCUT2D eigenvalue weighted by Crippen LogP contribution is 2.23. The largest absolute Gasteiger partial charge is 0.462 e. The van der Waals surface area contributed by atoms with Crippen LogP contribution in [0.5, 0.6) is 0 Å². The van der Waals surface area contributed by atoms with Crippen LogP contribution >= 0.6 is 0 Å². The van der Waals surface area contributed by atoms with Crippen molar-refractivity contribution < 1.29 is 24.1 Å². The summed E-state index contributed by atoms with van der Waals surface area (Å²) in [5, 5.41) is 8.61. The molecule has 1 fully saturated rings. The molecule has 1 aromatic carbocycles. The third-order valence-electron chi connectivity index (χ3n) is 2.78. The van der Waals surface area contributed by atoms with Crippen molar-refractivity contribution in [3.63, 3.8) is 0 Å². The van der Waals surface area contributed by atoms with Gasteiger partial charge in [-0.25, -0.2) is 4.79 Å². The van der Waals surface area contributed by atoms with Gasteiger partial charge in [0.05, 0.1) is 25.4 Å². The fourth-order valence-electron chi connectivity index (χ4n) is 1.77. The molecule has 0 radical (unpaired) electrons. The van der Waals surface area contributed by atoms with E-state index in [1.165, 1.54) is 0 Å². The van der Waals surface area contributed by atoms with Crippen LogP contribution in [-0.4, -0.2) is 37.5 Å². The van der Waals surface area contributed by atoms with Gasteiger partial charge in [-0.15, -0.1) is 0 Å². The van der Waals surface area contributed by atoms with E-state index in [4.69, 9.17) is 19.3 Å². The number of carbonyl (C=O) groups is 1. The maximum absolute atomic E-state index is 11.6. The molecule has 0 aromatic heterocycles. The summed E-state index contributed by atoms with van der Waals surface area (Å²) in [6.07, 6.45) is 1.02. The number of carbonyl (C=O) groups excluding carboxylic acids is 1. The molecule has 0 unspecified atom stereocenters. The molecule has 0 aliphatic carbocycles. The molecule has 0 amide bonds. The highest BCUT2D eigenvalue weighted by molar-refractivity contribution is 5.89. The maximum atomic E-state index is 11.6. The normalized spacial score (nSPS) is 16.3. The SMILES string of the molecule is O=C(OCCCO)c1ccc(C2OCCCO2)cc1. The van der Waals surface area contributed by atoms with Gasteiger partial charge < -0.3 is 19.3 Å². The highest BCUT2D eigenvalue weighted by atomic mass is 16.7. The zero-order valence-electron chi connectivity index (χ0n) is 10.7. The molecule has 1 aromatic rings. The Balaban J connectivity index is 1.91. The molecule has 104 valence electrons. The molecule has 1 aliphatic heterocycles. The van der Waals surface area contributed by atoms with Crippen LogP contribution in [-0.2, 0) is 14.2 Å². The number of benzene rings is 1. The first kappa shape index (κ1) is 14.0. The quantitative estimate of drug-likeness (QED) is 0.648. The van der Waals surface area contributed by atoms with Crippen LogP contribution in [0.4, 0.5) is 0 Å². The summed E-state index contributed by atoms with van der Waals surface area (Å²) in [5.74, 6) is -0.384. The second kappa shape index (κ2) is 7.23. The van der Waals surface area contributed by atoms with Crippen LogP contribution in [0.3, 0.4) is 0 Å². The molecular formula is C14H18O5. The number of hydrogen-bond donors (Lipinski definition) is 1. The Morgan fingerprint density at radius 2 is 1.95 bits per heavy atom. The zero-order chi connectivity index (χ0) is 13.5. The average Bonchev–Trinajstić information content (AvgIpc) is 2.48. The number of aliphatic hydroxyl groups is 1. The maximum Gasteiger partial charge on any atom is 0.338 e. The number of aliphatic hydroxyl groups excluding tert-OH is 1. The average molecular weight is 266 g/mol. The van der Waals surface area contributed by atoms with Crippen LogP contribution in [0.15, 0.2) is 24.3 Å². The molecule has 1 N–H and O–H groups in total. The minimum atomic E-state index is -0.384. The standard InChI is InChI=1S/C14H18O5/c15-7-1-8-17-13(16)11-3-5-12(6-4-11)14-18-9-2-10-19-14/h3-6,14-15H,1-2,7-10H2. The second-order valence-corrected chi connectivity index (χ2v) is 4.26. The lowest BCUT2D eigenvalue weighted by Crippen LogP contribution is -2.17. The van der Waals surface area contributed by atoms with E-state index in [1.807, 2.05) is 0 Å². The van der Waals surface area contributed by atoms with E-state index in [0.717, 1.165) is 12.0 Å². The van der Waals surface area contributed by atoms with Gasteiger partial charge in [-0.3, -0.25) is 0 Å². The predicted molar refractivity (Wildman–Crippen MR) is 67.7 cm³/mol. The molecule has 5 nitrogen and oxygen atoms in total. The van der Waals surface area contributed by atoms with Crippen molar-refractivity contribution in [3.05, 3.63) is 35.4 Å². The van der Waals surface area contributed by atoms with Gasteiger partial charge in [-0.2, -0.15) is 0 Å². The molecule has 0 atom stereocenters. The molecule has 0 saturated carbocycles. The summed E-state index contributed by atoms with van der Waals surface area (Å²) in [6, 6.07) is 6.99. The Kier molecular flexibility index (Phi) is 5.32. The molecule has 2 rings (SSSR count). The van der Waals surface area contributed by atoms with Crippen molar-refractivity contribution in [1.82, 2.24) is 0 Å². The summed E-state index contributed by atoms with van der Waals surface area (Å²) < 4.78 is 15.9. The molecule has 1 heterocycles. The van der Waals surface area contributed by atoms with Crippen LogP contribution in [0.1, 0.15) is 35.1 Å². The second-order valence-electron chi connectivity index (χ2n) is 4.26. The Morgan fingerprint density at radius 3 is 2.58 bits per heavy atom. The van der Waals surface area contributed by atoms with E-state index < -0.39 is 0 Å². The van der Waals surface area contributed by atoms with E-state index in [1.54, 1.807) is 24.3 Å². The first-order valence-electron chi connectivity index (χ1n) is 6.42.